The Bertz CT molecular complexity index is 281. The van der Waals surface area contributed by atoms with Crippen LogP contribution in [0, 0.1) is 11.8 Å². The average molecular weight is 167 g/mol. The molecule has 0 bridgehead atoms. The molecule has 0 unspecified atom stereocenters. The maximum Gasteiger partial charge on any atom is 0.181 e. The van der Waals surface area contributed by atoms with Crippen LogP contribution >= 0.6 is 11.3 Å². The quantitative estimate of drug-likeness (QED) is 0.596. The lowest BCUT2D eigenvalue weighted by atomic mass is 10.4. The van der Waals surface area contributed by atoms with Crippen molar-refractivity contribution in [2.75, 3.05) is 12.3 Å². The Morgan fingerprint density at radius 1 is 1.64 bits per heavy atom. The Kier molecular flexibility index (Phi) is 2.90. The van der Waals surface area contributed by atoms with Crippen molar-refractivity contribution in [1.82, 2.24) is 4.98 Å². The SMILES string of the molecule is NCCC#Cc1cnc(N)s1. The number of anilines is 1. The predicted molar refractivity (Wildman–Crippen MR) is 47.1 cm³/mol. The van der Waals surface area contributed by atoms with E-state index in [1.165, 1.54) is 11.3 Å². The van der Waals surface area contributed by atoms with Crippen molar-refractivity contribution in [3.63, 3.8) is 0 Å². The van der Waals surface area contributed by atoms with Crippen LogP contribution in [-0.4, -0.2) is 11.5 Å². The molecule has 4 heteroatoms. The molecule has 0 radical (unpaired) electrons. The van der Waals surface area contributed by atoms with Gasteiger partial charge in [-0.15, -0.1) is 0 Å². The van der Waals surface area contributed by atoms with E-state index in [9.17, 15) is 0 Å². The summed E-state index contributed by atoms with van der Waals surface area (Å²) in [6, 6.07) is 0. The number of hydrogen-bond donors (Lipinski definition) is 2. The normalized spacial score (nSPS) is 8.82. The van der Waals surface area contributed by atoms with Crippen LogP contribution in [0.4, 0.5) is 5.13 Å². The largest absolute Gasteiger partial charge is 0.375 e. The van der Waals surface area contributed by atoms with Crippen LogP contribution in [0.5, 0.6) is 0 Å². The van der Waals surface area contributed by atoms with E-state index < -0.39 is 0 Å². The third-order valence-electron chi connectivity index (χ3n) is 1.00. The third-order valence-corrected chi connectivity index (χ3v) is 1.75. The van der Waals surface area contributed by atoms with Gasteiger partial charge in [0.2, 0.25) is 0 Å². The lowest BCUT2D eigenvalue weighted by molar-refractivity contribution is 1.03. The van der Waals surface area contributed by atoms with Crippen molar-refractivity contribution in [2.45, 2.75) is 6.42 Å². The fourth-order valence-electron chi connectivity index (χ4n) is 0.567. The van der Waals surface area contributed by atoms with Crippen molar-refractivity contribution in [1.29, 1.82) is 0 Å². The lowest BCUT2D eigenvalue weighted by Crippen LogP contribution is -1.95. The Hall–Kier alpha value is -1.05. The minimum atomic E-state index is 0.557. The van der Waals surface area contributed by atoms with Gasteiger partial charge in [-0.2, -0.15) is 0 Å². The van der Waals surface area contributed by atoms with Gasteiger partial charge in [-0.3, -0.25) is 0 Å². The summed E-state index contributed by atoms with van der Waals surface area (Å²) in [5.41, 5.74) is 10.7. The van der Waals surface area contributed by atoms with Crippen LogP contribution in [-0.2, 0) is 0 Å². The van der Waals surface area contributed by atoms with Gasteiger partial charge < -0.3 is 11.5 Å². The van der Waals surface area contributed by atoms with Crippen LogP contribution in [0.2, 0.25) is 0 Å². The molecular weight excluding hydrogens is 158 g/mol. The molecule has 0 amide bonds. The molecular formula is C7H9N3S. The summed E-state index contributed by atoms with van der Waals surface area (Å²) < 4.78 is 0. The summed E-state index contributed by atoms with van der Waals surface area (Å²) in [6.07, 6.45) is 2.39. The summed E-state index contributed by atoms with van der Waals surface area (Å²) in [7, 11) is 0. The van der Waals surface area contributed by atoms with Crippen LogP contribution in [0.25, 0.3) is 0 Å². The molecule has 1 rings (SSSR count). The van der Waals surface area contributed by atoms with Crippen LogP contribution < -0.4 is 11.5 Å². The molecule has 0 aromatic carbocycles. The number of nitrogens with zero attached hydrogens (tertiary/aromatic N) is 1. The van der Waals surface area contributed by atoms with Gasteiger partial charge in [0, 0.05) is 13.0 Å². The smallest absolute Gasteiger partial charge is 0.181 e. The minimum Gasteiger partial charge on any atom is -0.375 e. The number of aromatic nitrogens is 1. The molecule has 0 aliphatic heterocycles. The molecule has 0 saturated heterocycles. The minimum absolute atomic E-state index is 0.557. The highest BCUT2D eigenvalue weighted by atomic mass is 32.1. The molecule has 1 aromatic heterocycles. The fraction of sp³-hybridized carbons (Fsp3) is 0.286. The zero-order chi connectivity index (χ0) is 8.10. The van der Waals surface area contributed by atoms with E-state index in [4.69, 9.17) is 11.5 Å². The highest BCUT2D eigenvalue weighted by Gasteiger charge is 1.91. The van der Waals surface area contributed by atoms with E-state index in [0.717, 1.165) is 11.3 Å². The first-order valence-electron chi connectivity index (χ1n) is 3.23. The molecule has 1 aromatic rings. The second kappa shape index (κ2) is 3.96. The molecule has 0 spiro atoms. The van der Waals surface area contributed by atoms with Crippen LogP contribution in [0.3, 0.4) is 0 Å². The van der Waals surface area contributed by atoms with Crippen molar-refractivity contribution in [3.8, 4) is 11.8 Å². The Balaban J connectivity index is 2.59. The predicted octanol–water partition coefficient (Wildman–Crippen LogP) is 0.426. The van der Waals surface area contributed by atoms with E-state index in [1.807, 2.05) is 0 Å². The second-order valence-electron chi connectivity index (χ2n) is 1.90. The van der Waals surface area contributed by atoms with Crippen molar-refractivity contribution >= 4 is 16.5 Å². The summed E-state index contributed by atoms with van der Waals surface area (Å²) in [5.74, 6) is 5.82. The number of nitrogens with two attached hydrogens (primary N) is 2. The molecule has 58 valence electrons. The molecule has 1 heterocycles. The summed E-state index contributed by atoms with van der Waals surface area (Å²) in [6.45, 7) is 0.598. The van der Waals surface area contributed by atoms with Crippen molar-refractivity contribution < 1.29 is 0 Å². The van der Waals surface area contributed by atoms with Gasteiger partial charge in [-0.1, -0.05) is 23.2 Å². The molecule has 0 atom stereocenters. The number of nitrogen functional groups attached to an aromatic ring is 1. The Labute approximate surface area is 69.4 Å². The molecule has 4 N–H and O–H groups in total. The zero-order valence-corrected chi connectivity index (χ0v) is 6.82. The molecule has 0 aliphatic carbocycles. The number of rotatable bonds is 1. The van der Waals surface area contributed by atoms with Gasteiger partial charge >= 0.3 is 0 Å². The fourth-order valence-corrected chi connectivity index (χ4v) is 1.13. The summed E-state index contributed by atoms with van der Waals surface area (Å²) >= 11 is 1.39. The molecule has 0 aliphatic rings. The standard InChI is InChI=1S/C7H9N3S/c8-4-2-1-3-6-5-10-7(9)11-6/h5H,2,4,8H2,(H2,9,10). The first-order valence-corrected chi connectivity index (χ1v) is 4.05. The first-order chi connectivity index (χ1) is 5.33. The zero-order valence-electron chi connectivity index (χ0n) is 6.00. The molecule has 3 nitrogen and oxygen atoms in total. The molecule has 0 fully saturated rings. The average Bonchev–Trinajstić information content (AvgIpc) is 2.37. The van der Waals surface area contributed by atoms with Crippen LogP contribution in [0.1, 0.15) is 11.3 Å². The highest BCUT2D eigenvalue weighted by Crippen LogP contribution is 2.12. The van der Waals surface area contributed by atoms with Gasteiger partial charge in [0.15, 0.2) is 5.13 Å². The Morgan fingerprint density at radius 3 is 3.00 bits per heavy atom. The van der Waals surface area contributed by atoms with Gasteiger partial charge in [0.25, 0.3) is 0 Å². The van der Waals surface area contributed by atoms with E-state index in [1.54, 1.807) is 6.20 Å². The monoisotopic (exact) mass is 167 g/mol. The number of thiazole rings is 1. The van der Waals surface area contributed by atoms with Crippen molar-refractivity contribution in [3.05, 3.63) is 11.1 Å². The first kappa shape index (κ1) is 8.05. The van der Waals surface area contributed by atoms with Gasteiger partial charge in [0.1, 0.15) is 0 Å². The van der Waals surface area contributed by atoms with E-state index in [-0.39, 0.29) is 0 Å². The van der Waals surface area contributed by atoms with Gasteiger partial charge in [0.05, 0.1) is 11.1 Å². The second-order valence-corrected chi connectivity index (χ2v) is 2.97. The van der Waals surface area contributed by atoms with E-state index in [2.05, 4.69) is 16.8 Å². The molecule has 0 saturated carbocycles. The summed E-state index contributed by atoms with van der Waals surface area (Å²) in [5, 5.41) is 0.557. The number of hydrogen-bond acceptors (Lipinski definition) is 4. The highest BCUT2D eigenvalue weighted by molar-refractivity contribution is 7.15. The van der Waals surface area contributed by atoms with Gasteiger partial charge in [-0.05, 0) is 0 Å². The van der Waals surface area contributed by atoms with E-state index >= 15 is 0 Å². The van der Waals surface area contributed by atoms with Crippen molar-refractivity contribution in [2.24, 2.45) is 5.73 Å². The van der Waals surface area contributed by atoms with E-state index in [0.29, 0.717) is 11.7 Å². The topological polar surface area (TPSA) is 64.9 Å². The third kappa shape index (κ3) is 2.58. The van der Waals surface area contributed by atoms with Gasteiger partial charge in [-0.25, -0.2) is 4.98 Å². The maximum absolute atomic E-state index is 5.40. The van der Waals surface area contributed by atoms with Crippen LogP contribution in [0.15, 0.2) is 6.20 Å². The Morgan fingerprint density at radius 2 is 2.45 bits per heavy atom. The molecule has 11 heavy (non-hydrogen) atoms. The summed E-state index contributed by atoms with van der Waals surface area (Å²) in [4.78, 5) is 4.76. The maximum atomic E-state index is 5.40. The lowest BCUT2D eigenvalue weighted by Gasteiger charge is -1.77.